The Balaban J connectivity index is 1.64. The highest BCUT2D eigenvalue weighted by atomic mass is 32.2. The number of aromatic nitrogens is 1. The molecule has 1 aliphatic heterocycles. The van der Waals surface area contributed by atoms with E-state index < -0.39 is 25.6 Å². The number of hydrogen-bond acceptors (Lipinski definition) is 7. The molecule has 36 heavy (non-hydrogen) atoms. The van der Waals surface area contributed by atoms with Gasteiger partial charge in [-0.1, -0.05) is 38.2 Å². The summed E-state index contributed by atoms with van der Waals surface area (Å²) in [6, 6.07) is 9.18. The summed E-state index contributed by atoms with van der Waals surface area (Å²) < 4.78 is 56.7. The third-order valence-corrected chi connectivity index (χ3v) is 8.53. The average Bonchev–Trinajstić information content (AvgIpc) is 2.82. The minimum atomic E-state index is -4.31. The van der Waals surface area contributed by atoms with E-state index in [9.17, 15) is 26.7 Å². The van der Waals surface area contributed by atoms with Crippen LogP contribution in [0.5, 0.6) is 5.75 Å². The van der Waals surface area contributed by atoms with Crippen molar-refractivity contribution in [3.05, 3.63) is 64.1 Å². The predicted octanol–water partition coefficient (Wildman–Crippen LogP) is 3.06. The maximum Gasteiger partial charge on any atom is 0.286 e. The molecule has 0 saturated heterocycles. The van der Waals surface area contributed by atoms with Gasteiger partial charge in [0.15, 0.2) is 5.84 Å². The highest BCUT2D eigenvalue weighted by molar-refractivity contribution is 7.92. The minimum absolute atomic E-state index is 0.0589. The first kappa shape index (κ1) is 24.3. The van der Waals surface area contributed by atoms with E-state index in [1.807, 2.05) is 0 Å². The van der Waals surface area contributed by atoms with Gasteiger partial charge in [-0.15, -0.1) is 4.40 Å². The standard InChI is InChI=1S/C24H26N4O6S2/c1-35(31,32)26-16-10-11-18-20(14-16)36(33,34)27-23(25-18)21-22(29)17(13-15-7-3-2-4-8-15)19-9-5-6-12-28(19)24(21)30/h5-6,9-12,14-15,26,29H,2-4,7-8,13H2,1H3,(H,25,27). The lowest BCUT2D eigenvalue weighted by atomic mass is 9.84. The van der Waals surface area contributed by atoms with Gasteiger partial charge >= 0.3 is 0 Å². The van der Waals surface area contributed by atoms with Gasteiger partial charge in [0.25, 0.3) is 15.6 Å². The van der Waals surface area contributed by atoms with Crippen LogP contribution in [0.25, 0.3) is 5.52 Å². The van der Waals surface area contributed by atoms with Gasteiger partial charge in [-0.05, 0) is 42.7 Å². The maximum atomic E-state index is 13.4. The number of hydrogen-bond donors (Lipinski definition) is 3. The molecule has 0 atom stereocenters. The smallest absolute Gasteiger partial charge is 0.286 e. The van der Waals surface area contributed by atoms with Crippen LogP contribution >= 0.6 is 0 Å². The van der Waals surface area contributed by atoms with Crippen LogP contribution in [0.2, 0.25) is 0 Å². The third-order valence-electron chi connectivity index (χ3n) is 6.61. The van der Waals surface area contributed by atoms with Crippen LogP contribution in [0.1, 0.15) is 43.2 Å². The normalized spacial score (nSPS) is 17.8. The number of nitrogens with one attached hydrogen (secondary N) is 2. The van der Waals surface area contributed by atoms with E-state index >= 15 is 0 Å². The van der Waals surface area contributed by atoms with Crippen LogP contribution in [0, 0.1) is 5.92 Å². The average molecular weight is 531 g/mol. The molecular weight excluding hydrogens is 504 g/mol. The van der Waals surface area contributed by atoms with Gasteiger partial charge in [-0.25, -0.2) is 8.42 Å². The molecule has 3 aromatic rings. The molecule has 1 saturated carbocycles. The highest BCUT2D eigenvalue weighted by Crippen LogP contribution is 2.36. The quantitative estimate of drug-likeness (QED) is 0.459. The van der Waals surface area contributed by atoms with Crippen LogP contribution in [0.4, 0.5) is 11.4 Å². The van der Waals surface area contributed by atoms with Crippen molar-refractivity contribution in [1.29, 1.82) is 0 Å². The molecule has 0 bridgehead atoms. The summed E-state index contributed by atoms with van der Waals surface area (Å²) in [5.74, 6) is -0.209. The number of rotatable bonds is 5. The molecule has 1 fully saturated rings. The molecule has 1 aliphatic carbocycles. The van der Waals surface area contributed by atoms with Gasteiger partial charge in [0.2, 0.25) is 10.0 Å². The number of nitrogens with zero attached hydrogens (tertiary/aromatic N) is 2. The molecule has 10 nitrogen and oxygen atoms in total. The summed E-state index contributed by atoms with van der Waals surface area (Å²) >= 11 is 0. The Morgan fingerprint density at radius 3 is 2.64 bits per heavy atom. The van der Waals surface area contributed by atoms with Crippen LogP contribution in [0.15, 0.2) is 56.7 Å². The van der Waals surface area contributed by atoms with E-state index in [0.717, 1.165) is 38.0 Å². The predicted molar refractivity (Wildman–Crippen MR) is 138 cm³/mol. The van der Waals surface area contributed by atoms with Crippen molar-refractivity contribution >= 4 is 42.8 Å². The molecule has 2 aliphatic rings. The molecule has 12 heteroatoms. The summed E-state index contributed by atoms with van der Waals surface area (Å²) in [6.07, 6.45) is 8.56. The molecule has 3 N–H and O–H groups in total. The van der Waals surface area contributed by atoms with Crippen LogP contribution in [-0.4, -0.2) is 38.4 Å². The monoisotopic (exact) mass is 530 g/mol. The fourth-order valence-electron chi connectivity index (χ4n) is 5.00. The Hall–Kier alpha value is -3.38. The Kier molecular flexibility index (Phi) is 6.03. The summed E-state index contributed by atoms with van der Waals surface area (Å²) in [6.45, 7) is 0. The summed E-state index contributed by atoms with van der Waals surface area (Å²) in [5.41, 5.74) is 0.504. The number of anilines is 2. The molecule has 3 heterocycles. The van der Waals surface area contributed by atoms with Gasteiger partial charge in [-0.3, -0.25) is 13.9 Å². The Labute approximate surface area is 208 Å². The summed E-state index contributed by atoms with van der Waals surface area (Å²) in [5, 5.41) is 14.2. The molecule has 5 rings (SSSR count). The number of benzene rings is 1. The molecular formula is C24H26N4O6S2. The van der Waals surface area contributed by atoms with Crippen molar-refractivity contribution in [3.63, 3.8) is 0 Å². The first-order valence-corrected chi connectivity index (χ1v) is 15.0. The summed E-state index contributed by atoms with van der Waals surface area (Å²) in [7, 11) is -7.94. The SMILES string of the molecule is CS(=O)(=O)Nc1ccc2c(c1)S(=O)(=O)N=C(c1c(O)c(CC3CCCCC3)c3ccccn3c1=O)N2. The number of sulfonamides is 2. The highest BCUT2D eigenvalue weighted by Gasteiger charge is 2.31. The van der Waals surface area contributed by atoms with Gasteiger partial charge in [0.05, 0.1) is 17.5 Å². The van der Waals surface area contributed by atoms with Crippen LogP contribution in [0.3, 0.4) is 0 Å². The lowest BCUT2D eigenvalue weighted by molar-refractivity contribution is 0.352. The Morgan fingerprint density at radius 2 is 1.92 bits per heavy atom. The van der Waals surface area contributed by atoms with E-state index in [4.69, 9.17) is 0 Å². The number of fused-ring (bicyclic) bond motifs is 2. The molecule has 1 aromatic carbocycles. The van der Waals surface area contributed by atoms with Crippen molar-refractivity contribution in [3.8, 4) is 5.75 Å². The zero-order chi connectivity index (χ0) is 25.7. The first-order valence-electron chi connectivity index (χ1n) is 11.6. The van der Waals surface area contributed by atoms with E-state index in [1.165, 1.54) is 23.0 Å². The van der Waals surface area contributed by atoms with Crippen LogP contribution in [-0.2, 0) is 26.5 Å². The zero-order valence-corrected chi connectivity index (χ0v) is 21.2. The molecule has 0 spiro atoms. The van der Waals surface area contributed by atoms with Crippen molar-refractivity contribution in [2.45, 2.75) is 43.4 Å². The Morgan fingerprint density at radius 1 is 1.17 bits per heavy atom. The number of amidine groups is 1. The maximum absolute atomic E-state index is 13.4. The minimum Gasteiger partial charge on any atom is -0.507 e. The second-order valence-electron chi connectivity index (χ2n) is 9.30. The molecule has 0 unspecified atom stereocenters. The van der Waals surface area contributed by atoms with E-state index in [-0.39, 0.29) is 33.4 Å². The zero-order valence-electron chi connectivity index (χ0n) is 19.6. The summed E-state index contributed by atoms with van der Waals surface area (Å²) in [4.78, 5) is 13.2. The van der Waals surface area contributed by atoms with Gasteiger partial charge in [-0.2, -0.15) is 8.42 Å². The lowest BCUT2D eigenvalue weighted by Crippen LogP contribution is -2.31. The number of aromatic hydroxyl groups is 1. The third kappa shape index (κ3) is 4.58. The second-order valence-corrected chi connectivity index (χ2v) is 12.6. The fraction of sp³-hybridized carbons (Fsp3) is 0.333. The van der Waals surface area contributed by atoms with Crippen LogP contribution < -0.4 is 15.6 Å². The van der Waals surface area contributed by atoms with Crippen molar-refractivity contribution in [2.24, 2.45) is 10.3 Å². The fourth-order valence-corrected chi connectivity index (χ4v) is 6.70. The van der Waals surface area contributed by atoms with Crippen molar-refractivity contribution in [2.75, 3.05) is 16.3 Å². The molecule has 0 radical (unpaired) electrons. The Bertz CT molecular complexity index is 1670. The first-order chi connectivity index (χ1) is 17.0. The van der Waals surface area contributed by atoms with E-state index in [0.29, 0.717) is 23.4 Å². The molecule has 0 amide bonds. The van der Waals surface area contributed by atoms with Crippen molar-refractivity contribution in [1.82, 2.24) is 4.40 Å². The van der Waals surface area contributed by atoms with E-state index in [1.54, 1.807) is 24.4 Å². The second kappa shape index (κ2) is 8.93. The van der Waals surface area contributed by atoms with Crippen molar-refractivity contribution < 1.29 is 21.9 Å². The van der Waals surface area contributed by atoms with Gasteiger partial charge < -0.3 is 10.4 Å². The van der Waals surface area contributed by atoms with Gasteiger partial charge in [0, 0.05) is 17.4 Å². The lowest BCUT2D eigenvalue weighted by Gasteiger charge is -2.24. The molecule has 190 valence electrons. The number of pyridine rings is 2. The van der Waals surface area contributed by atoms with E-state index in [2.05, 4.69) is 14.4 Å². The molecule has 2 aromatic heterocycles. The topological polar surface area (TPSA) is 146 Å². The largest absolute Gasteiger partial charge is 0.507 e. The van der Waals surface area contributed by atoms with Gasteiger partial charge in [0.1, 0.15) is 16.2 Å².